The number of benzene rings is 3. The van der Waals surface area contributed by atoms with Crippen LogP contribution in [0.1, 0.15) is 44.2 Å². The molecule has 7 nitrogen and oxygen atoms in total. The van der Waals surface area contributed by atoms with E-state index >= 15 is 0 Å². The van der Waals surface area contributed by atoms with Gasteiger partial charge in [0.1, 0.15) is 29.3 Å². The molecule has 0 aliphatic carbocycles. The number of carbonyl (C=O) groups excluding carboxylic acids is 2. The fourth-order valence-corrected chi connectivity index (χ4v) is 4.62. The van der Waals surface area contributed by atoms with Gasteiger partial charge in [0.25, 0.3) is 0 Å². The second-order valence-electron chi connectivity index (χ2n) is 9.90. The summed E-state index contributed by atoms with van der Waals surface area (Å²) < 4.78 is 11.6. The fourth-order valence-electron chi connectivity index (χ4n) is 4.62. The van der Waals surface area contributed by atoms with Crippen molar-refractivity contribution < 1.29 is 19.1 Å². The number of rotatable bonds is 12. The Morgan fingerprint density at radius 2 is 1.47 bits per heavy atom. The van der Waals surface area contributed by atoms with Crippen molar-refractivity contribution in [2.45, 2.75) is 64.3 Å². The van der Waals surface area contributed by atoms with Crippen LogP contribution in [-0.4, -0.2) is 41.4 Å². The van der Waals surface area contributed by atoms with E-state index < -0.39 is 12.1 Å². The molecule has 1 heterocycles. The number of para-hydroxylation sites is 1. The molecule has 7 heteroatoms. The Hall–Kier alpha value is -3.84. The first-order valence-corrected chi connectivity index (χ1v) is 13.3. The Kier molecular flexibility index (Phi) is 9.38. The molecule has 0 saturated carbocycles. The molecule has 2 unspecified atom stereocenters. The third-order valence-corrected chi connectivity index (χ3v) is 6.50. The van der Waals surface area contributed by atoms with Crippen molar-refractivity contribution in [3.63, 3.8) is 0 Å². The lowest BCUT2D eigenvalue weighted by molar-refractivity contribution is -0.150. The molecule has 4 rings (SSSR count). The summed E-state index contributed by atoms with van der Waals surface area (Å²) in [7, 11) is 0. The number of piperazine rings is 1. The lowest BCUT2D eigenvalue weighted by Gasteiger charge is -2.39. The Morgan fingerprint density at radius 3 is 2.13 bits per heavy atom. The van der Waals surface area contributed by atoms with E-state index in [0.29, 0.717) is 31.7 Å². The third-order valence-electron chi connectivity index (χ3n) is 6.50. The highest BCUT2D eigenvalue weighted by atomic mass is 16.5. The van der Waals surface area contributed by atoms with E-state index in [1.807, 2.05) is 92.7 Å². The standard InChI is InChI=1S/C31H37N3O4/c1-22(2)37-26-15-11-23(12-16-26)20-28-31(36)34(29(30(35)33-28)10-6-7-19-32)21-24-13-17-27(18-14-24)38-25-8-4-3-5-9-25/h3-5,8-9,11-18,22,28-29H,6-7,10,19-21,32H2,1-2H3,(H,33,35). The van der Waals surface area contributed by atoms with Crippen molar-refractivity contribution in [1.82, 2.24) is 10.2 Å². The molecule has 0 radical (unpaired) electrons. The van der Waals surface area contributed by atoms with E-state index in [1.54, 1.807) is 4.90 Å². The Balaban J connectivity index is 1.47. The maximum atomic E-state index is 13.7. The second kappa shape index (κ2) is 13.1. The van der Waals surface area contributed by atoms with E-state index in [0.717, 1.165) is 35.5 Å². The normalized spacial score (nSPS) is 17.4. The minimum absolute atomic E-state index is 0.0746. The minimum Gasteiger partial charge on any atom is -0.491 e. The lowest BCUT2D eigenvalue weighted by Crippen LogP contribution is -2.63. The van der Waals surface area contributed by atoms with Gasteiger partial charge in [0.05, 0.1) is 6.10 Å². The molecule has 3 aromatic carbocycles. The molecule has 2 atom stereocenters. The Labute approximate surface area is 224 Å². The number of amides is 2. The summed E-state index contributed by atoms with van der Waals surface area (Å²) in [6, 6.07) is 23.8. The smallest absolute Gasteiger partial charge is 0.246 e. The van der Waals surface area contributed by atoms with Crippen LogP contribution in [0.15, 0.2) is 78.9 Å². The fraction of sp³-hybridized carbons (Fsp3) is 0.355. The zero-order valence-corrected chi connectivity index (χ0v) is 22.1. The van der Waals surface area contributed by atoms with E-state index in [1.165, 1.54) is 0 Å². The maximum absolute atomic E-state index is 13.7. The van der Waals surface area contributed by atoms with Crippen LogP contribution in [0.2, 0.25) is 0 Å². The maximum Gasteiger partial charge on any atom is 0.246 e. The van der Waals surface area contributed by atoms with Crippen LogP contribution in [0.25, 0.3) is 0 Å². The number of nitrogens with two attached hydrogens (primary N) is 1. The van der Waals surface area contributed by atoms with Crippen molar-refractivity contribution in [3.05, 3.63) is 90.0 Å². The molecule has 1 fully saturated rings. The van der Waals surface area contributed by atoms with Crippen molar-refractivity contribution in [2.75, 3.05) is 6.54 Å². The van der Waals surface area contributed by atoms with E-state index in [2.05, 4.69) is 5.32 Å². The second-order valence-corrected chi connectivity index (χ2v) is 9.90. The molecule has 3 aromatic rings. The third kappa shape index (κ3) is 7.35. The predicted molar refractivity (Wildman–Crippen MR) is 148 cm³/mol. The summed E-state index contributed by atoms with van der Waals surface area (Å²) in [5.74, 6) is 2.06. The molecule has 2 amide bonds. The van der Waals surface area contributed by atoms with Gasteiger partial charge in [0, 0.05) is 13.0 Å². The Bertz CT molecular complexity index is 1180. The molecule has 200 valence electrons. The number of unbranched alkanes of at least 4 members (excludes halogenated alkanes) is 1. The minimum atomic E-state index is -0.620. The molecule has 1 aliphatic rings. The molecular formula is C31H37N3O4. The number of carbonyl (C=O) groups is 2. The molecule has 1 saturated heterocycles. The van der Waals surface area contributed by atoms with Gasteiger partial charge < -0.3 is 25.4 Å². The predicted octanol–water partition coefficient (Wildman–Crippen LogP) is 4.83. The zero-order chi connectivity index (χ0) is 26.9. The highest BCUT2D eigenvalue weighted by Gasteiger charge is 2.40. The van der Waals surface area contributed by atoms with Crippen molar-refractivity contribution in [1.29, 1.82) is 0 Å². The van der Waals surface area contributed by atoms with Gasteiger partial charge in [-0.3, -0.25) is 9.59 Å². The van der Waals surface area contributed by atoms with Crippen LogP contribution in [0.5, 0.6) is 17.2 Å². The Morgan fingerprint density at radius 1 is 0.842 bits per heavy atom. The van der Waals surface area contributed by atoms with Gasteiger partial charge in [-0.2, -0.15) is 0 Å². The molecule has 3 N–H and O–H groups in total. The summed E-state index contributed by atoms with van der Waals surface area (Å²) in [5, 5.41) is 2.98. The zero-order valence-electron chi connectivity index (χ0n) is 22.1. The largest absolute Gasteiger partial charge is 0.491 e. The number of hydrogen-bond acceptors (Lipinski definition) is 5. The average molecular weight is 516 g/mol. The van der Waals surface area contributed by atoms with Crippen LogP contribution in [0, 0.1) is 0 Å². The molecule has 38 heavy (non-hydrogen) atoms. The number of hydrogen-bond donors (Lipinski definition) is 2. The summed E-state index contributed by atoms with van der Waals surface area (Å²) >= 11 is 0. The van der Waals surface area contributed by atoms with Crippen molar-refractivity contribution >= 4 is 11.8 Å². The van der Waals surface area contributed by atoms with Gasteiger partial charge in [0.2, 0.25) is 11.8 Å². The molecular weight excluding hydrogens is 478 g/mol. The van der Waals surface area contributed by atoms with Crippen LogP contribution < -0.4 is 20.5 Å². The molecule has 0 spiro atoms. The van der Waals surface area contributed by atoms with Gasteiger partial charge in [-0.15, -0.1) is 0 Å². The van der Waals surface area contributed by atoms with E-state index in [-0.39, 0.29) is 17.9 Å². The van der Waals surface area contributed by atoms with Gasteiger partial charge >= 0.3 is 0 Å². The van der Waals surface area contributed by atoms with Crippen LogP contribution in [-0.2, 0) is 22.6 Å². The van der Waals surface area contributed by atoms with E-state index in [9.17, 15) is 9.59 Å². The first-order valence-electron chi connectivity index (χ1n) is 13.3. The number of ether oxygens (including phenoxy) is 2. The monoisotopic (exact) mass is 515 g/mol. The molecule has 1 aliphatic heterocycles. The summed E-state index contributed by atoms with van der Waals surface area (Å²) in [6.45, 7) is 4.87. The van der Waals surface area contributed by atoms with Gasteiger partial charge in [-0.1, -0.05) is 42.5 Å². The number of nitrogens with one attached hydrogen (secondary N) is 1. The summed E-state index contributed by atoms with van der Waals surface area (Å²) in [6.07, 6.45) is 2.68. The summed E-state index contributed by atoms with van der Waals surface area (Å²) in [5.41, 5.74) is 7.57. The van der Waals surface area contributed by atoms with Crippen molar-refractivity contribution in [2.24, 2.45) is 5.73 Å². The van der Waals surface area contributed by atoms with Crippen LogP contribution >= 0.6 is 0 Å². The SMILES string of the molecule is CC(C)Oc1ccc(CC2NC(=O)C(CCCCN)N(Cc3ccc(Oc4ccccc4)cc3)C2=O)cc1. The van der Waals surface area contributed by atoms with Gasteiger partial charge in [0.15, 0.2) is 0 Å². The topological polar surface area (TPSA) is 93.9 Å². The number of nitrogens with zero attached hydrogens (tertiary/aromatic N) is 1. The van der Waals surface area contributed by atoms with Gasteiger partial charge in [-0.05, 0) is 87.2 Å². The van der Waals surface area contributed by atoms with E-state index in [4.69, 9.17) is 15.2 Å². The average Bonchev–Trinajstić information content (AvgIpc) is 2.91. The highest BCUT2D eigenvalue weighted by molar-refractivity contribution is 5.97. The quantitative estimate of drug-likeness (QED) is 0.337. The highest BCUT2D eigenvalue weighted by Crippen LogP contribution is 2.25. The van der Waals surface area contributed by atoms with Crippen LogP contribution in [0.4, 0.5) is 0 Å². The summed E-state index contributed by atoms with van der Waals surface area (Å²) in [4.78, 5) is 28.6. The first-order chi connectivity index (χ1) is 18.4. The molecule has 0 bridgehead atoms. The lowest BCUT2D eigenvalue weighted by atomic mass is 9.97. The van der Waals surface area contributed by atoms with Crippen molar-refractivity contribution in [3.8, 4) is 17.2 Å². The molecule has 0 aromatic heterocycles. The van der Waals surface area contributed by atoms with Gasteiger partial charge in [-0.25, -0.2) is 0 Å². The van der Waals surface area contributed by atoms with Crippen LogP contribution in [0.3, 0.4) is 0 Å². The first kappa shape index (κ1) is 27.2.